The van der Waals surface area contributed by atoms with E-state index in [-0.39, 0.29) is 12.1 Å². The van der Waals surface area contributed by atoms with Gasteiger partial charge in [0, 0.05) is 30.8 Å². The van der Waals surface area contributed by atoms with E-state index in [1.165, 1.54) is 10.4 Å². The van der Waals surface area contributed by atoms with Gasteiger partial charge in [0.25, 0.3) is 5.91 Å². The molecule has 0 atom stereocenters. The molecule has 2 aromatic rings. The summed E-state index contributed by atoms with van der Waals surface area (Å²) in [6, 6.07) is 8.81. The number of benzene rings is 2. The Kier molecular flexibility index (Phi) is 5.92. The van der Waals surface area contributed by atoms with Crippen molar-refractivity contribution in [1.29, 1.82) is 0 Å². The first-order valence-corrected chi connectivity index (χ1v) is 11.4. The molecule has 0 aromatic heterocycles. The maximum absolute atomic E-state index is 14.4. The van der Waals surface area contributed by atoms with Gasteiger partial charge in [0.2, 0.25) is 10.0 Å². The number of fused-ring (bicyclic) bond motifs is 1. The number of carbonyl (C=O) groups is 1. The molecule has 4 rings (SSSR count). The Morgan fingerprint density at radius 2 is 1.83 bits per heavy atom. The molecule has 1 N–H and O–H groups in total. The highest BCUT2D eigenvalue weighted by Crippen LogP contribution is 2.33. The molecule has 2 aromatic carbocycles. The van der Waals surface area contributed by atoms with Crippen molar-refractivity contribution in [2.24, 2.45) is 0 Å². The van der Waals surface area contributed by atoms with Crippen molar-refractivity contribution in [3.05, 3.63) is 53.3 Å². The summed E-state index contributed by atoms with van der Waals surface area (Å²) in [5, 5.41) is 2.74. The molecule has 30 heavy (non-hydrogen) atoms. The van der Waals surface area contributed by atoms with Crippen LogP contribution in [0.1, 0.15) is 35.2 Å². The van der Waals surface area contributed by atoms with E-state index in [4.69, 9.17) is 9.47 Å². The van der Waals surface area contributed by atoms with Crippen LogP contribution in [-0.4, -0.2) is 44.9 Å². The number of ether oxygens (including phenoxy) is 2. The fourth-order valence-corrected chi connectivity index (χ4v) is 5.24. The van der Waals surface area contributed by atoms with Gasteiger partial charge in [0.1, 0.15) is 23.9 Å². The van der Waals surface area contributed by atoms with Crippen molar-refractivity contribution < 1.29 is 27.1 Å². The molecule has 160 valence electrons. The van der Waals surface area contributed by atoms with Crippen LogP contribution in [0.2, 0.25) is 0 Å². The van der Waals surface area contributed by atoms with Crippen LogP contribution in [0.15, 0.2) is 41.3 Å². The Balaban J connectivity index is 1.52. The summed E-state index contributed by atoms with van der Waals surface area (Å²) in [5.74, 6) is -0.166. The first-order valence-electron chi connectivity index (χ1n) is 9.92. The number of nitrogens with zero attached hydrogens (tertiary/aromatic N) is 1. The standard InChI is InChI=1S/C21H23FN2O5S/c22-17-8-7-15(13-19(17)30(26,27)24-9-2-1-3-10-24)21(25)23-14-16-5-4-6-18-20(16)29-12-11-28-18/h4-8,13H,1-3,9-12,14H2,(H,23,25). The topological polar surface area (TPSA) is 84.9 Å². The molecular weight excluding hydrogens is 411 g/mol. The number of hydrogen-bond donors (Lipinski definition) is 1. The van der Waals surface area contributed by atoms with Gasteiger partial charge in [0.05, 0.1) is 0 Å². The molecule has 1 amide bonds. The number of halogens is 1. The summed E-state index contributed by atoms with van der Waals surface area (Å²) in [6.07, 6.45) is 2.44. The zero-order valence-corrected chi connectivity index (χ0v) is 17.2. The Labute approximate surface area is 174 Å². The summed E-state index contributed by atoms with van der Waals surface area (Å²) < 4.78 is 52.5. The minimum Gasteiger partial charge on any atom is -0.486 e. The molecule has 0 bridgehead atoms. The highest BCUT2D eigenvalue weighted by atomic mass is 32.2. The maximum atomic E-state index is 14.4. The lowest BCUT2D eigenvalue weighted by Gasteiger charge is -2.26. The predicted octanol–water partition coefficient (Wildman–Crippen LogP) is 2.70. The first-order chi connectivity index (χ1) is 14.5. The van der Waals surface area contributed by atoms with Crippen LogP contribution >= 0.6 is 0 Å². The Hall–Kier alpha value is -2.65. The number of nitrogens with one attached hydrogen (secondary N) is 1. The van der Waals surface area contributed by atoms with Gasteiger partial charge in [-0.2, -0.15) is 4.31 Å². The zero-order chi connectivity index (χ0) is 21.1. The Morgan fingerprint density at radius 3 is 2.63 bits per heavy atom. The molecule has 1 fully saturated rings. The van der Waals surface area contributed by atoms with Crippen molar-refractivity contribution in [2.75, 3.05) is 26.3 Å². The minimum atomic E-state index is -3.99. The number of piperidine rings is 1. The second-order valence-corrected chi connectivity index (χ2v) is 9.14. The van der Waals surface area contributed by atoms with Gasteiger partial charge >= 0.3 is 0 Å². The fraction of sp³-hybridized carbons (Fsp3) is 0.381. The molecule has 0 aliphatic carbocycles. The third-order valence-electron chi connectivity index (χ3n) is 5.21. The third-order valence-corrected chi connectivity index (χ3v) is 7.13. The van der Waals surface area contributed by atoms with E-state index < -0.39 is 26.6 Å². The van der Waals surface area contributed by atoms with E-state index in [0.717, 1.165) is 37.0 Å². The summed E-state index contributed by atoms with van der Waals surface area (Å²) >= 11 is 0. The third kappa shape index (κ3) is 4.13. The Morgan fingerprint density at radius 1 is 1.07 bits per heavy atom. The number of carbonyl (C=O) groups excluding carboxylic acids is 1. The van der Waals surface area contributed by atoms with E-state index in [2.05, 4.69) is 5.32 Å². The normalized spacial score (nSPS) is 16.8. The molecule has 2 aliphatic rings. The lowest BCUT2D eigenvalue weighted by atomic mass is 10.1. The van der Waals surface area contributed by atoms with E-state index in [9.17, 15) is 17.6 Å². The smallest absolute Gasteiger partial charge is 0.251 e. The lowest BCUT2D eigenvalue weighted by molar-refractivity contribution is 0.0949. The van der Waals surface area contributed by atoms with Gasteiger partial charge in [-0.3, -0.25) is 4.79 Å². The molecule has 2 aliphatic heterocycles. The highest BCUT2D eigenvalue weighted by Gasteiger charge is 2.29. The number of para-hydroxylation sites is 1. The fourth-order valence-electron chi connectivity index (χ4n) is 3.64. The largest absolute Gasteiger partial charge is 0.486 e. The van der Waals surface area contributed by atoms with Crippen LogP contribution in [-0.2, 0) is 16.6 Å². The van der Waals surface area contributed by atoms with Crippen molar-refractivity contribution in [3.63, 3.8) is 0 Å². The van der Waals surface area contributed by atoms with Crippen LogP contribution in [0, 0.1) is 5.82 Å². The molecule has 2 heterocycles. The van der Waals surface area contributed by atoms with Gasteiger partial charge in [0.15, 0.2) is 11.5 Å². The molecule has 7 nitrogen and oxygen atoms in total. The van der Waals surface area contributed by atoms with Gasteiger partial charge in [-0.25, -0.2) is 12.8 Å². The second kappa shape index (κ2) is 8.61. The molecule has 0 saturated carbocycles. The van der Waals surface area contributed by atoms with E-state index >= 15 is 0 Å². The zero-order valence-electron chi connectivity index (χ0n) is 16.4. The van der Waals surface area contributed by atoms with Crippen molar-refractivity contribution >= 4 is 15.9 Å². The van der Waals surface area contributed by atoms with Crippen molar-refractivity contribution in [2.45, 2.75) is 30.7 Å². The molecule has 0 radical (unpaired) electrons. The van der Waals surface area contributed by atoms with Gasteiger partial charge in [-0.1, -0.05) is 18.6 Å². The summed E-state index contributed by atoms with van der Waals surface area (Å²) in [4.78, 5) is 12.2. The second-order valence-electron chi connectivity index (χ2n) is 7.23. The van der Waals surface area contributed by atoms with Crippen molar-refractivity contribution in [3.8, 4) is 11.5 Å². The molecule has 1 saturated heterocycles. The quantitative estimate of drug-likeness (QED) is 0.782. The number of sulfonamides is 1. The summed E-state index contributed by atoms with van der Waals surface area (Å²) in [7, 11) is -3.99. The van der Waals surface area contributed by atoms with E-state index in [0.29, 0.717) is 37.8 Å². The van der Waals surface area contributed by atoms with E-state index in [1.807, 2.05) is 6.07 Å². The average Bonchev–Trinajstić information content (AvgIpc) is 2.78. The maximum Gasteiger partial charge on any atom is 0.251 e. The van der Waals surface area contributed by atoms with Gasteiger partial charge < -0.3 is 14.8 Å². The lowest BCUT2D eigenvalue weighted by Crippen LogP contribution is -2.36. The van der Waals surface area contributed by atoms with E-state index in [1.54, 1.807) is 12.1 Å². The van der Waals surface area contributed by atoms with Gasteiger partial charge in [-0.15, -0.1) is 0 Å². The van der Waals surface area contributed by atoms with Crippen LogP contribution in [0.4, 0.5) is 4.39 Å². The molecular formula is C21H23FN2O5S. The van der Waals surface area contributed by atoms with Crippen LogP contribution in [0.25, 0.3) is 0 Å². The highest BCUT2D eigenvalue weighted by molar-refractivity contribution is 7.89. The molecule has 9 heteroatoms. The first kappa shape index (κ1) is 20.6. The van der Waals surface area contributed by atoms with Gasteiger partial charge in [-0.05, 0) is 37.1 Å². The Bertz CT molecular complexity index is 1050. The van der Waals surface area contributed by atoms with Crippen LogP contribution < -0.4 is 14.8 Å². The summed E-state index contributed by atoms with van der Waals surface area (Å²) in [5.41, 5.74) is 0.817. The molecule has 0 spiro atoms. The number of amides is 1. The monoisotopic (exact) mass is 434 g/mol. The summed E-state index contributed by atoms with van der Waals surface area (Å²) in [6.45, 7) is 1.77. The SMILES string of the molecule is O=C(NCc1cccc2c1OCCO2)c1ccc(F)c(S(=O)(=O)N2CCCCC2)c1. The predicted molar refractivity (Wildman–Crippen MR) is 108 cm³/mol. The van der Waals surface area contributed by atoms with Crippen LogP contribution in [0.3, 0.4) is 0 Å². The van der Waals surface area contributed by atoms with Crippen LogP contribution in [0.5, 0.6) is 11.5 Å². The molecule has 0 unspecified atom stereocenters. The van der Waals surface area contributed by atoms with Crippen molar-refractivity contribution in [1.82, 2.24) is 9.62 Å². The average molecular weight is 434 g/mol. The minimum absolute atomic E-state index is 0.0777. The number of rotatable bonds is 5. The number of hydrogen-bond acceptors (Lipinski definition) is 5.